The average Bonchev–Trinajstić information content (AvgIpc) is 2.65. The molecule has 1 aliphatic heterocycles. The molecule has 0 saturated heterocycles. The Hall–Kier alpha value is -2.66. The van der Waals surface area contributed by atoms with Crippen LogP contribution in [0, 0.1) is 0 Å². The Balaban J connectivity index is 1.72. The van der Waals surface area contributed by atoms with Gasteiger partial charge in [0.05, 0.1) is 6.04 Å². The molecule has 1 N–H and O–H groups in total. The molecule has 1 heterocycles. The maximum Gasteiger partial charge on any atom is 0.417 e. The Morgan fingerprint density at radius 2 is 1.67 bits per heavy atom. The Morgan fingerprint density at radius 1 is 1.04 bits per heavy atom. The standard InChI is InChI=1S/C22H26N2O3/c1-22(2,3)24(21(26)27-15-16-9-5-4-6-10-16)20(25)19-13-17-11-7-8-12-18(17)14-23-19/h4-12,19,23H,13-15H2,1-3H3. The van der Waals surface area contributed by atoms with Crippen molar-refractivity contribution in [2.75, 3.05) is 0 Å². The van der Waals surface area contributed by atoms with Gasteiger partial charge in [0.1, 0.15) is 6.61 Å². The second-order valence-corrected chi connectivity index (χ2v) is 7.79. The topological polar surface area (TPSA) is 58.6 Å². The van der Waals surface area contributed by atoms with Crippen molar-refractivity contribution in [3.63, 3.8) is 0 Å². The zero-order chi connectivity index (χ0) is 19.4. The molecule has 5 nitrogen and oxygen atoms in total. The third-order valence-corrected chi connectivity index (χ3v) is 4.66. The second kappa shape index (κ2) is 7.92. The maximum absolute atomic E-state index is 13.2. The maximum atomic E-state index is 13.2. The van der Waals surface area contributed by atoms with Crippen LogP contribution in [0.1, 0.15) is 37.5 Å². The minimum Gasteiger partial charge on any atom is -0.444 e. The molecular formula is C22H26N2O3. The van der Waals surface area contributed by atoms with Crippen molar-refractivity contribution in [1.29, 1.82) is 0 Å². The summed E-state index contributed by atoms with van der Waals surface area (Å²) in [5.41, 5.74) is 2.54. The van der Waals surface area contributed by atoms with Gasteiger partial charge in [-0.2, -0.15) is 0 Å². The molecule has 27 heavy (non-hydrogen) atoms. The number of rotatable bonds is 3. The van der Waals surface area contributed by atoms with Gasteiger partial charge >= 0.3 is 6.09 Å². The van der Waals surface area contributed by atoms with Gasteiger partial charge in [-0.15, -0.1) is 0 Å². The summed E-state index contributed by atoms with van der Waals surface area (Å²) in [7, 11) is 0. The fourth-order valence-corrected chi connectivity index (χ4v) is 3.26. The minimum atomic E-state index is -0.677. The van der Waals surface area contributed by atoms with Gasteiger partial charge in [-0.05, 0) is 43.9 Å². The van der Waals surface area contributed by atoms with Crippen molar-refractivity contribution >= 4 is 12.0 Å². The molecule has 0 aliphatic carbocycles. The zero-order valence-electron chi connectivity index (χ0n) is 16.1. The SMILES string of the molecule is CC(C)(C)N(C(=O)OCc1ccccc1)C(=O)C1Cc2ccccc2CN1. The first-order chi connectivity index (χ1) is 12.9. The Labute approximate surface area is 160 Å². The molecule has 2 aromatic rings. The van der Waals surface area contributed by atoms with Crippen LogP contribution < -0.4 is 5.32 Å². The van der Waals surface area contributed by atoms with E-state index in [9.17, 15) is 9.59 Å². The van der Waals surface area contributed by atoms with Crippen LogP contribution in [-0.4, -0.2) is 28.5 Å². The van der Waals surface area contributed by atoms with Gasteiger partial charge in [0.25, 0.3) is 0 Å². The number of amides is 2. The zero-order valence-corrected chi connectivity index (χ0v) is 16.1. The van der Waals surface area contributed by atoms with E-state index in [0.717, 1.165) is 11.1 Å². The van der Waals surface area contributed by atoms with Crippen molar-refractivity contribution in [2.24, 2.45) is 0 Å². The number of carbonyl (C=O) groups is 2. The quantitative estimate of drug-likeness (QED) is 0.901. The summed E-state index contributed by atoms with van der Waals surface area (Å²) in [6.07, 6.45) is -0.0508. The second-order valence-electron chi connectivity index (χ2n) is 7.79. The summed E-state index contributed by atoms with van der Waals surface area (Å²) < 4.78 is 5.44. The van der Waals surface area contributed by atoms with E-state index in [-0.39, 0.29) is 12.5 Å². The molecule has 2 aromatic carbocycles. The number of benzene rings is 2. The van der Waals surface area contributed by atoms with Crippen molar-refractivity contribution in [1.82, 2.24) is 10.2 Å². The molecule has 0 fully saturated rings. The summed E-state index contributed by atoms with van der Waals surface area (Å²) in [6, 6.07) is 17.1. The predicted molar refractivity (Wildman–Crippen MR) is 104 cm³/mol. The number of fused-ring (bicyclic) bond motifs is 1. The van der Waals surface area contributed by atoms with Gasteiger partial charge in [-0.3, -0.25) is 4.79 Å². The number of hydrogen-bond acceptors (Lipinski definition) is 4. The number of imide groups is 1. The lowest BCUT2D eigenvalue weighted by atomic mass is 9.94. The molecule has 0 bridgehead atoms. The van der Waals surface area contributed by atoms with Gasteiger partial charge in [0.15, 0.2) is 0 Å². The normalized spacial score (nSPS) is 16.3. The van der Waals surface area contributed by atoms with Gasteiger partial charge < -0.3 is 10.1 Å². The van der Waals surface area contributed by atoms with Crippen LogP contribution in [0.4, 0.5) is 4.79 Å². The first kappa shape index (κ1) is 19.1. The van der Waals surface area contributed by atoms with Crippen molar-refractivity contribution in [3.05, 3.63) is 71.3 Å². The van der Waals surface area contributed by atoms with E-state index in [1.54, 1.807) is 0 Å². The van der Waals surface area contributed by atoms with Crippen LogP contribution in [0.2, 0.25) is 0 Å². The molecule has 0 saturated carbocycles. The van der Waals surface area contributed by atoms with E-state index >= 15 is 0 Å². The van der Waals surface area contributed by atoms with E-state index in [2.05, 4.69) is 11.4 Å². The number of nitrogens with zero attached hydrogens (tertiary/aromatic N) is 1. The van der Waals surface area contributed by atoms with E-state index < -0.39 is 17.7 Å². The van der Waals surface area contributed by atoms with Crippen LogP contribution in [0.5, 0.6) is 0 Å². The molecule has 5 heteroatoms. The highest BCUT2D eigenvalue weighted by Gasteiger charge is 2.38. The van der Waals surface area contributed by atoms with Crippen molar-refractivity contribution in [3.8, 4) is 0 Å². The molecule has 2 amide bonds. The van der Waals surface area contributed by atoms with Crippen molar-refractivity contribution in [2.45, 2.75) is 51.9 Å². The summed E-state index contributed by atoms with van der Waals surface area (Å²) in [5, 5.41) is 3.26. The monoisotopic (exact) mass is 366 g/mol. The highest BCUT2D eigenvalue weighted by atomic mass is 16.6. The van der Waals surface area contributed by atoms with Gasteiger partial charge in [0, 0.05) is 12.1 Å². The molecule has 0 radical (unpaired) electrons. The smallest absolute Gasteiger partial charge is 0.417 e. The number of carbonyl (C=O) groups excluding carboxylic acids is 2. The summed E-state index contributed by atoms with van der Waals surface area (Å²) >= 11 is 0. The molecule has 142 valence electrons. The van der Waals surface area contributed by atoms with Crippen molar-refractivity contribution < 1.29 is 14.3 Å². The lowest BCUT2D eigenvalue weighted by Gasteiger charge is -2.36. The highest BCUT2D eigenvalue weighted by molar-refractivity contribution is 5.96. The Kier molecular flexibility index (Phi) is 5.61. The molecule has 1 aliphatic rings. The lowest BCUT2D eigenvalue weighted by molar-refractivity contribution is -0.136. The van der Waals surface area contributed by atoms with Gasteiger partial charge in [0.2, 0.25) is 5.91 Å². The third kappa shape index (κ3) is 4.55. The predicted octanol–water partition coefficient (Wildman–Crippen LogP) is 3.66. The van der Waals surface area contributed by atoms with Crippen LogP contribution in [0.3, 0.4) is 0 Å². The fraction of sp³-hybridized carbons (Fsp3) is 0.364. The lowest BCUT2D eigenvalue weighted by Crippen LogP contribution is -2.57. The molecule has 1 unspecified atom stereocenters. The number of hydrogen-bond donors (Lipinski definition) is 1. The third-order valence-electron chi connectivity index (χ3n) is 4.66. The molecule has 3 rings (SSSR count). The van der Waals surface area contributed by atoms with E-state index in [0.29, 0.717) is 13.0 Å². The Bertz CT molecular complexity index is 812. The van der Waals surface area contributed by atoms with Gasteiger partial charge in [-0.25, -0.2) is 9.69 Å². The van der Waals surface area contributed by atoms with Crippen LogP contribution >= 0.6 is 0 Å². The first-order valence-corrected chi connectivity index (χ1v) is 9.21. The highest BCUT2D eigenvalue weighted by Crippen LogP contribution is 2.22. The van der Waals surface area contributed by atoms with E-state index in [4.69, 9.17) is 4.74 Å². The summed E-state index contributed by atoms with van der Waals surface area (Å²) in [6.45, 7) is 6.27. The van der Waals surface area contributed by atoms with Crippen LogP contribution in [-0.2, 0) is 29.1 Å². The number of nitrogens with one attached hydrogen (secondary N) is 1. The molecular weight excluding hydrogens is 340 g/mol. The molecule has 1 atom stereocenters. The summed E-state index contributed by atoms with van der Waals surface area (Å²) in [5.74, 6) is -0.255. The first-order valence-electron chi connectivity index (χ1n) is 9.21. The largest absolute Gasteiger partial charge is 0.444 e. The minimum absolute atomic E-state index is 0.139. The van der Waals surface area contributed by atoms with Crippen LogP contribution in [0.25, 0.3) is 0 Å². The van der Waals surface area contributed by atoms with E-state index in [1.165, 1.54) is 10.5 Å². The molecule has 0 aromatic heterocycles. The molecule has 0 spiro atoms. The average molecular weight is 366 g/mol. The van der Waals surface area contributed by atoms with Gasteiger partial charge in [-0.1, -0.05) is 54.6 Å². The van der Waals surface area contributed by atoms with E-state index in [1.807, 2.05) is 69.3 Å². The van der Waals surface area contributed by atoms with Crippen LogP contribution in [0.15, 0.2) is 54.6 Å². The fourth-order valence-electron chi connectivity index (χ4n) is 3.26. The number of ether oxygens (including phenoxy) is 1. The summed E-state index contributed by atoms with van der Waals surface area (Å²) in [4.78, 5) is 27.2. The Morgan fingerprint density at radius 3 is 2.33 bits per heavy atom.